The van der Waals surface area contributed by atoms with Crippen molar-refractivity contribution in [2.45, 2.75) is 224 Å². The summed E-state index contributed by atoms with van der Waals surface area (Å²) in [6.45, 7) is 9.96. The molecule has 0 saturated carbocycles. The Balaban J connectivity index is 1.64. The number of carbonyl (C=O) groups excluding carboxylic acids is 10. The van der Waals surface area contributed by atoms with Gasteiger partial charge in [0, 0.05) is 48.9 Å². The SMILES string of the molecule is CCCCCCOC(=O)NCCCCC[C@@H]1NC(=O)[C@@H](Cc2cn(C(=O)OCCCCCC)c3ccccc23)NC(=O)[C@H](Cc2ccccc2)NC(=O)[C@@H](NC(=O)C(Cc2ccccc2)NC(=O)OCCCCCC)CSSC[C@@H](C(=O)N[C@H](CO)[C@@H](C)O)NC(=O)[C@](C)(C(C)O)NC1=O. The second kappa shape index (κ2) is 45.1. The largest absolute Gasteiger partial charge is 0.450 e. The number of ether oxygens (including phenoxy) is 3. The molecule has 3 aromatic carbocycles. The number of aliphatic hydroxyl groups excluding tert-OH is 3. The third-order valence-corrected chi connectivity index (χ3v) is 19.6. The van der Waals surface area contributed by atoms with Crippen molar-refractivity contribution < 1.29 is 77.5 Å². The second-order valence-corrected chi connectivity index (χ2v) is 28.0. The number of fused-ring (bicyclic) bond motifs is 1. The fourth-order valence-corrected chi connectivity index (χ4v) is 13.2. The normalized spacial score (nSPS) is 20.1. The Bertz CT molecular complexity index is 3220. The highest BCUT2D eigenvalue weighted by Gasteiger charge is 2.44. The average molecular weight is 1430 g/mol. The number of aromatic nitrogens is 1. The number of para-hydroxylation sites is 1. The van der Waals surface area contributed by atoms with E-state index >= 15 is 19.2 Å². The maximum Gasteiger partial charge on any atom is 0.418 e. The number of hydrogen-bond acceptors (Lipinski definition) is 18. The summed E-state index contributed by atoms with van der Waals surface area (Å²) in [6.07, 6.45) is 7.12. The third kappa shape index (κ3) is 28.2. The molecular formula is C72H106N10O16S2. The minimum Gasteiger partial charge on any atom is -0.450 e. The fraction of sp³-hybridized carbons (Fsp3) is 0.583. The molecule has 28 heteroatoms. The first-order valence-corrected chi connectivity index (χ1v) is 37.6. The van der Waals surface area contributed by atoms with Crippen LogP contribution in [0, 0.1) is 0 Å². The summed E-state index contributed by atoms with van der Waals surface area (Å²) in [6, 6.07) is 14.1. The standard InChI is InChI=1S/C72H106N10O16S2/c1-7-10-13-27-38-96-69(93)73-37-26-18-23-35-54-67(91)81-72(6,49(5)85)68(92)79-60(66(90)77-58(45-83)48(4)84)47-100-99-46-59(78-63(87)56(42-51-32-21-17-22-33-51)80-70(94)97-39-28-14-11-8-2)65(89)75-55(41-50-30-19-16-20-31-50)62(86)76-57(64(88)74-54)43-52-44-82(61-36-25-24-34-53(52)61)71(95)98-40-29-15-12-9-3/h16-17,19-22,24-25,30-34,36,44,48-49,54-60,83-85H,7-15,18,23,26-29,35,37-43,45-47H2,1-6H3,(H,73,93)(H,74,88)(H,75,89)(H,76,86)(H,77,90)(H,78,87)(H,79,92)(H,80,94)(H,81,91)/t48-,49?,54+,55+,56?,57-,58-,59+,60+,72+/m1/s1. The summed E-state index contributed by atoms with van der Waals surface area (Å²) in [5.41, 5.74) is -0.234. The van der Waals surface area contributed by atoms with E-state index in [0.717, 1.165) is 85.8 Å². The number of carbonyl (C=O) groups is 10. The van der Waals surface area contributed by atoms with Gasteiger partial charge in [-0.05, 0) is 75.6 Å². The average Bonchev–Trinajstić information content (AvgIpc) is 1.49. The fourth-order valence-electron chi connectivity index (χ4n) is 10.9. The van der Waals surface area contributed by atoms with Gasteiger partial charge >= 0.3 is 18.3 Å². The van der Waals surface area contributed by atoms with E-state index in [1.807, 2.05) is 6.92 Å². The van der Waals surface area contributed by atoms with Crippen LogP contribution in [-0.4, -0.2) is 184 Å². The first-order chi connectivity index (χ1) is 48.1. The molecule has 10 atom stereocenters. The van der Waals surface area contributed by atoms with Crippen molar-refractivity contribution in [2.75, 3.05) is 44.5 Å². The molecule has 5 rings (SSSR count). The molecule has 100 heavy (non-hydrogen) atoms. The van der Waals surface area contributed by atoms with Gasteiger partial charge in [0.1, 0.15) is 41.8 Å². The molecule has 1 fully saturated rings. The molecule has 2 unspecified atom stereocenters. The Morgan fingerprint density at radius 1 is 0.610 bits per heavy atom. The van der Waals surface area contributed by atoms with E-state index in [-0.39, 0.29) is 70.0 Å². The molecule has 1 aliphatic heterocycles. The highest BCUT2D eigenvalue weighted by molar-refractivity contribution is 8.76. The molecule has 2 heterocycles. The van der Waals surface area contributed by atoms with Crippen LogP contribution in [-0.2, 0) is 67.0 Å². The summed E-state index contributed by atoms with van der Waals surface area (Å²) in [7, 11) is 1.93. The lowest BCUT2D eigenvalue weighted by Gasteiger charge is -2.35. The van der Waals surface area contributed by atoms with Gasteiger partial charge in [0.25, 0.3) is 0 Å². The maximum atomic E-state index is 15.5. The minimum absolute atomic E-state index is 0.0471. The number of nitrogens with zero attached hydrogens (tertiary/aromatic N) is 1. The molecule has 1 aliphatic rings. The van der Waals surface area contributed by atoms with Gasteiger partial charge in [-0.25, -0.2) is 14.4 Å². The zero-order chi connectivity index (χ0) is 72.8. The quantitative estimate of drug-likeness (QED) is 0.0129. The predicted octanol–water partition coefficient (Wildman–Crippen LogP) is 6.71. The van der Waals surface area contributed by atoms with E-state index in [0.29, 0.717) is 53.3 Å². The number of hydrogen-bond donors (Lipinski definition) is 12. The van der Waals surface area contributed by atoms with Crippen LogP contribution in [0.5, 0.6) is 0 Å². The Labute approximate surface area is 595 Å². The molecule has 0 radical (unpaired) electrons. The van der Waals surface area contributed by atoms with E-state index in [1.165, 1.54) is 31.5 Å². The number of nitrogens with one attached hydrogen (secondary N) is 9. The summed E-state index contributed by atoms with van der Waals surface area (Å²) in [5, 5.41) is 57.2. The first kappa shape index (κ1) is 82.7. The van der Waals surface area contributed by atoms with Crippen molar-refractivity contribution >= 4 is 92.1 Å². The molecular weight excluding hydrogens is 1320 g/mol. The van der Waals surface area contributed by atoms with E-state index in [2.05, 4.69) is 61.7 Å². The lowest BCUT2D eigenvalue weighted by atomic mass is 9.92. The van der Waals surface area contributed by atoms with Crippen LogP contribution in [0.1, 0.15) is 161 Å². The van der Waals surface area contributed by atoms with Crippen molar-refractivity contribution in [3.63, 3.8) is 0 Å². The summed E-state index contributed by atoms with van der Waals surface area (Å²) < 4.78 is 17.8. The molecule has 0 aliphatic carbocycles. The van der Waals surface area contributed by atoms with Crippen LogP contribution in [0.25, 0.3) is 10.9 Å². The predicted molar refractivity (Wildman–Crippen MR) is 385 cm³/mol. The van der Waals surface area contributed by atoms with E-state index in [4.69, 9.17) is 14.2 Å². The van der Waals surface area contributed by atoms with Crippen LogP contribution in [0.2, 0.25) is 0 Å². The van der Waals surface area contributed by atoms with Gasteiger partial charge in [0.15, 0.2) is 0 Å². The number of amides is 9. The van der Waals surface area contributed by atoms with E-state index in [1.54, 1.807) is 84.9 Å². The maximum absolute atomic E-state index is 15.5. The van der Waals surface area contributed by atoms with Crippen LogP contribution in [0.4, 0.5) is 14.4 Å². The molecule has 552 valence electrons. The lowest BCUT2D eigenvalue weighted by molar-refractivity contribution is -0.141. The number of rotatable bonds is 35. The van der Waals surface area contributed by atoms with Gasteiger partial charge in [0.2, 0.25) is 41.4 Å². The monoisotopic (exact) mass is 1430 g/mol. The molecule has 12 N–H and O–H groups in total. The molecule has 0 bridgehead atoms. The van der Waals surface area contributed by atoms with Gasteiger partial charge < -0.3 is 77.4 Å². The van der Waals surface area contributed by atoms with E-state index in [9.17, 15) is 44.1 Å². The van der Waals surface area contributed by atoms with Gasteiger partial charge in [-0.15, -0.1) is 0 Å². The zero-order valence-corrected chi connectivity index (χ0v) is 60.3. The molecule has 1 aromatic heterocycles. The lowest BCUT2D eigenvalue weighted by Crippen LogP contribution is -2.68. The first-order valence-electron chi connectivity index (χ1n) is 35.2. The number of alkyl carbamates (subject to hydrolysis) is 2. The molecule has 9 amide bonds. The van der Waals surface area contributed by atoms with Crippen LogP contribution < -0.4 is 47.9 Å². The smallest absolute Gasteiger partial charge is 0.418 e. The Hall–Kier alpha value is -7.92. The van der Waals surface area contributed by atoms with Crippen LogP contribution >= 0.6 is 21.6 Å². The summed E-state index contributed by atoms with van der Waals surface area (Å²) in [5.74, 6) is -7.08. The third-order valence-electron chi connectivity index (χ3n) is 17.2. The van der Waals surface area contributed by atoms with Gasteiger partial charge in [-0.1, -0.05) is 192 Å². The molecule has 26 nitrogen and oxygen atoms in total. The van der Waals surface area contributed by atoms with Gasteiger partial charge in [0.05, 0.1) is 50.2 Å². The Morgan fingerprint density at radius 3 is 1.77 bits per heavy atom. The van der Waals surface area contributed by atoms with Crippen molar-refractivity contribution in [3.8, 4) is 0 Å². The zero-order valence-electron chi connectivity index (χ0n) is 58.7. The number of aliphatic hydroxyl groups is 3. The van der Waals surface area contributed by atoms with Crippen LogP contribution in [0.15, 0.2) is 91.1 Å². The summed E-state index contributed by atoms with van der Waals surface area (Å²) >= 11 is 0. The van der Waals surface area contributed by atoms with Crippen molar-refractivity contribution in [1.29, 1.82) is 0 Å². The van der Waals surface area contributed by atoms with E-state index < -0.39 is 126 Å². The molecule has 4 aromatic rings. The van der Waals surface area contributed by atoms with Crippen molar-refractivity contribution in [1.82, 2.24) is 52.4 Å². The molecule has 1 saturated heterocycles. The number of benzene rings is 3. The summed E-state index contributed by atoms with van der Waals surface area (Å²) in [4.78, 5) is 145. The van der Waals surface area contributed by atoms with Gasteiger partial charge in [-0.3, -0.25) is 38.1 Å². The topological polar surface area (TPSA) is 372 Å². The highest BCUT2D eigenvalue weighted by atomic mass is 33.1. The number of unbranched alkanes of at least 4 members (excludes halogenated alkanes) is 11. The Kier molecular flexibility index (Phi) is 37.3. The van der Waals surface area contributed by atoms with Crippen molar-refractivity contribution in [3.05, 3.63) is 108 Å². The highest BCUT2D eigenvalue weighted by Crippen LogP contribution is 2.27. The second-order valence-electron chi connectivity index (χ2n) is 25.4. The molecule has 0 spiro atoms. The minimum atomic E-state index is -2.26. The Morgan fingerprint density at radius 2 is 1.16 bits per heavy atom. The van der Waals surface area contributed by atoms with Crippen LogP contribution in [0.3, 0.4) is 0 Å². The van der Waals surface area contributed by atoms with Crippen molar-refractivity contribution in [2.24, 2.45) is 0 Å². The van der Waals surface area contributed by atoms with Gasteiger partial charge in [-0.2, -0.15) is 0 Å².